The summed E-state index contributed by atoms with van der Waals surface area (Å²) in [7, 11) is -1.55. The van der Waals surface area contributed by atoms with Crippen molar-refractivity contribution in [2.24, 2.45) is 0 Å². The molecule has 3 rings (SSSR count). The Kier molecular flexibility index (Phi) is 5.42. The van der Waals surface area contributed by atoms with Crippen molar-refractivity contribution < 1.29 is 18.0 Å². The molecule has 2 amide bonds. The van der Waals surface area contributed by atoms with Crippen LogP contribution in [0.3, 0.4) is 0 Å². The van der Waals surface area contributed by atoms with Crippen LogP contribution in [0, 0.1) is 11.3 Å². The number of nitrogens with zero attached hydrogens (tertiary/aromatic N) is 3. The molecule has 1 fully saturated rings. The zero-order valence-electron chi connectivity index (χ0n) is 15.1. The smallest absolute Gasteiger partial charge is 0.274 e. The minimum absolute atomic E-state index is 0.0423. The van der Waals surface area contributed by atoms with Crippen molar-refractivity contribution in [3.05, 3.63) is 59.4 Å². The van der Waals surface area contributed by atoms with Gasteiger partial charge in [-0.2, -0.15) is 5.26 Å². The van der Waals surface area contributed by atoms with Crippen LogP contribution in [-0.4, -0.2) is 54.7 Å². The first-order chi connectivity index (χ1) is 13.3. The summed E-state index contributed by atoms with van der Waals surface area (Å²) in [6.07, 6.45) is 1.76. The summed E-state index contributed by atoms with van der Waals surface area (Å²) < 4.78 is 23.3. The van der Waals surface area contributed by atoms with E-state index in [-0.39, 0.29) is 34.7 Å². The van der Waals surface area contributed by atoms with E-state index in [0.29, 0.717) is 17.7 Å². The number of carbonyl (C=O) groups is 2. The number of rotatable bonds is 4. The molecule has 144 valence electrons. The molecule has 0 radical (unpaired) electrons. The molecule has 0 saturated carbocycles. The van der Waals surface area contributed by atoms with Gasteiger partial charge in [0.1, 0.15) is 5.69 Å². The number of sulfone groups is 1. The molecular weight excluding hydrogens is 380 g/mol. The zero-order valence-corrected chi connectivity index (χ0v) is 15.9. The number of carbonyl (C=O) groups excluding carboxylic acids is 2. The Balaban J connectivity index is 1.75. The molecule has 8 nitrogen and oxygen atoms in total. The number of amides is 2. The summed E-state index contributed by atoms with van der Waals surface area (Å²) in [5, 5.41) is 11.6. The number of nitrogens with one attached hydrogen (secondary N) is 1. The van der Waals surface area contributed by atoms with Gasteiger partial charge in [-0.05, 0) is 36.8 Å². The third-order valence-corrected chi connectivity index (χ3v) is 6.32. The van der Waals surface area contributed by atoms with Crippen LogP contribution in [0.4, 0.5) is 5.69 Å². The van der Waals surface area contributed by atoms with Gasteiger partial charge < -0.3 is 10.2 Å². The zero-order chi connectivity index (χ0) is 20.3. The molecule has 28 heavy (non-hydrogen) atoms. The molecule has 1 atom stereocenters. The Morgan fingerprint density at radius 2 is 2.07 bits per heavy atom. The number of aromatic nitrogens is 1. The maximum Gasteiger partial charge on any atom is 0.274 e. The Labute approximate surface area is 162 Å². The van der Waals surface area contributed by atoms with Gasteiger partial charge in [0, 0.05) is 30.5 Å². The van der Waals surface area contributed by atoms with Crippen molar-refractivity contribution >= 4 is 27.3 Å². The number of benzene rings is 1. The van der Waals surface area contributed by atoms with E-state index < -0.39 is 15.7 Å². The van der Waals surface area contributed by atoms with E-state index in [9.17, 15) is 18.0 Å². The highest BCUT2D eigenvalue weighted by molar-refractivity contribution is 7.91. The SMILES string of the molecule is CN(C(=O)c1ccnc(C(=O)Nc2cccc(C#N)c2)c1)C1CCS(=O)(=O)C1. The quantitative estimate of drug-likeness (QED) is 0.832. The first-order valence-corrected chi connectivity index (χ1v) is 10.4. The largest absolute Gasteiger partial charge is 0.338 e. The monoisotopic (exact) mass is 398 g/mol. The first-order valence-electron chi connectivity index (χ1n) is 8.54. The third-order valence-electron chi connectivity index (χ3n) is 4.57. The fourth-order valence-corrected chi connectivity index (χ4v) is 4.77. The van der Waals surface area contributed by atoms with Crippen molar-refractivity contribution in [1.82, 2.24) is 9.88 Å². The topological polar surface area (TPSA) is 120 Å². The molecule has 1 saturated heterocycles. The molecular formula is C19H18N4O4S. The third kappa shape index (κ3) is 4.35. The second kappa shape index (κ2) is 7.78. The highest BCUT2D eigenvalue weighted by Crippen LogP contribution is 2.19. The predicted molar refractivity (Wildman–Crippen MR) is 102 cm³/mol. The lowest BCUT2D eigenvalue weighted by atomic mass is 10.1. The van der Waals surface area contributed by atoms with Crippen LogP contribution in [0.2, 0.25) is 0 Å². The second-order valence-corrected chi connectivity index (χ2v) is 8.78. The van der Waals surface area contributed by atoms with Gasteiger partial charge in [0.25, 0.3) is 11.8 Å². The first kappa shape index (κ1) is 19.5. The van der Waals surface area contributed by atoms with E-state index in [1.165, 1.54) is 29.3 Å². The number of hydrogen-bond donors (Lipinski definition) is 1. The van der Waals surface area contributed by atoms with Gasteiger partial charge >= 0.3 is 0 Å². The average Bonchev–Trinajstić information content (AvgIpc) is 3.06. The van der Waals surface area contributed by atoms with Gasteiger partial charge in [-0.15, -0.1) is 0 Å². The molecule has 0 spiro atoms. The fourth-order valence-electron chi connectivity index (χ4n) is 3.00. The lowest BCUT2D eigenvalue weighted by molar-refractivity contribution is 0.0747. The Morgan fingerprint density at radius 1 is 1.29 bits per heavy atom. The van der Waals surface area contributed by atoms with E-state index in [1.807, 2.05) is 6.07 Å². The molecule has 1 aromatic carbocycles. The summed E-state index contributed by atoms with van der Waals surface area (Å²) in [5.74, 6) is -0.870. The van der Waals surface area contributed by atoms with Crippen molar-refractivity contribution in [2.75, 3.05) is 23.9 Å². The fraction of sp³-hybridized carbons (Fsp3) is 0.263. The average molecular weight is 398 g/mol. The van der Waals surface area contributed by atoms with Crippen LogP contribution in [-0.2, 0) is 9.84 Å². The van der Waals surface area contributed by atoms with Gasteiger partial charge in [0.05, 0.1) is 23.1 Å². The summed E-state index contributed by atoms with van der Waals surface area (Å²) in [4.78, 5) is 30.5. The molecule has 9 heteroatoms. The Bertz CT molecular complexity index is 1080. The van der Waals surface area contributed by atoms with Gasteiger partial charge in [-0.1, -0.05) is 6.07 Å². The van der Waals surface area contributed by atoms with Gasteiger partial charge in [0.2, 0.25) is 0 Å². The summed E-state index contributed by atoms with van der Waals surface area (Å²) in [6, 6.07) is 10.9. The normalized spacial score (nSPS) is 17.5. The number of pyridine rings is 1. The number of anilines is 1. The standard InChI is InChI=1S/C19H18N4O4S/c1-23(16-6-8-28(26,27)12-16)19(25)14-5-7-21-17(10-14)18(24)22-15-4-2-3-13(9-15)11-20/h2-5,7,9-10,16H,6,8,12H2,1H3,(H,22,24). The van der Waals surface area contributed by atoms with Gasteiger partial charge in [-0.3, -0.25) is 14.6 Å². The maximum atomic E-state index is 12.7. The molecule has 0 bridgehead atoms. The number of nitriles is 1. The van der Waals surface area contributed by atoms with Crippen molar-refractivity contribution in [3.8, 4) is 6.07 Å². The molecule has 2 aromatic rings. The minimum Gasteiger partial charge on any atom is -0.338 e. The molecule has 1 aliphatic rings. The van der Waals surface area contributed by atoms with E-state index in [4.69, 9.17) is 5.26 Å². The number of hydrogen-bond acceptors (Lipinski definition) is 6. The van der Waals surface area contributed by atoms with E-state index in [2.05, 4.69) is 10.3 Å². The van der Waals surface area contributed by atoms with Gasteiger partial charge in [0.15, 0.2) is 9.84 Å². The van der Waals surface area contributed by atoms with E-state index in [1.54, 1.807) is 25.2 Å². The molecule has 1 N–H and O–H groups in total. The molecule has 1 unspecified atom stereocenters. The van der Waals surface area contributed by atoms with Crippen LogP contribution >= 0.6 is 0 Å². The Morgan fingerprint density at radius 3 is 2.75 bits per heavy atom. The maximum absolute atomic E-state index is 12.7. The van der Waals surface area contributed by atoms with Crippen molar-refractivity contribution in [2.45, 2.75) is 12.5 Å². The second-order valence-electron chi connectivity index (χ2n) is 6.55. The lowest BCUT2D eigenvalue weighted by Gasteiger charge is -2.23. The summed E-state index contributed by atoms with van der Waals surface area (Å²) >= 11 is 0. The minimum atomic E-state index is -3.11. The van der Waals surface area contributed by atoms with Crippen LogP contribution in [0.1, 0.15) is 32.8 Å². The molecule has 1 aliphatic heterocycles. The van der Waals surface area contributed by atoms with E-state index in [0.717, 1.165) is 0 Å². The Hall–Kier alpha value is -3.25. The summed E-state index contributed by atoms with van der Waals surface area (Å²) in [5.41, 5.74) is 1.14. The van der Waals surface area contributed by atoms with Crippen molar-refractivity contribution in [1.29, 1.82) is 5.26 Å². The highest BCUT2D eigenvalue weighted by Gasteiger charge is 2.33. The predicted octanol–water partition coefficient (Wildman–Crippen LogP) is 1.46. The van der Waals surface area contributed by atoms with Gasteiger partial charge in [-0.25, -0.2) is 8.42 Å². The molecule has 1 aromatic heterocycles. The molecule has 0 aliphatic carbocycles. The van der Waals surface area contributed by atoms with Crippen LogP contribution in [0.15, 0.2) is 42.6 Å². The highest BCUT2D eigenvalue weighted by atomic mass is 32.2. The molecule has 2 heterocycles. The summed E-state index contributed by atoms with van der Waals surface area (Å²) in [6.45, 7) is 0. The van der Waals surface area contributed by atoms with Crippen molar-refractivity contribution in [3.63, 3.8) is 0 Å². The van der Waals surface area contributed by atoms with E-state index >= 15 is 0 Å². The lowest BCUT2D eigenvalue weighted by Crippen LogP contribution is -2.38. The van der Waals surface area contributed by atoms with Crippen LogP contribution < -0.4 is 5.32 Å². The van der Waals surface area contributed by atoms with Crippen LogP contribution in [0.5, 0.6) is 0 Å². The van der Waals surface area contributed by atoms with Crippen LogP contribution in [0.25, 0.3) is 0 Å².